The molecule has 0 N–H and O–H groups in total. The maximum Gasteiger partial charge on any atom is 0.225 e. The molecule has 0 radical (unpaired) electrons. The van der Waals surface area contributed by atoms with Gasteiger partial charge in [-0.2, -0.15) is 9.61 Å². The number of aromatic nitrogens is 4. The predicted octanol–water partition coefficient (Wildman–Crippen LogP) is 2.88. The standard InChI is InChI=1S/C22H26N6O/c1-26(14-16-5-3-2-4-6-16)22(29)18-9-11-27(12-10-18)20-13-19(17-7-8-17)25-28-15-23-24-21(20)28/h2-6,13,15,17-18H,7-12,14H2,1H3. The molecule has 1 saturated heterocycles. The zero-order chi connectivity index (χ0) is 19.8. The monoisotopic (exact) mass is 390 g/mol. The second-order valence-corrected chi connectivity index (χ2v) is 8.27. The summed E-state index contributed by atoms with van der Waals surface area (Å²) in [6.45, 7) is 2.37. The van der Waals surface area contributed by atoms with Gasteiger partial charge >= 0.3 is 0 Å². The van der Waals surface area contributed by atoms with E-state index in [1.165, 1.54) is 18.4 Å². The number of hydrogen-bond acceptors (Lipinski definition) is 5. The zero-order valence-electron chi connectivity index (χ0n) is 16.7. The minimum absolute atomic E-state index is 0.0820. The first kappa shape index (κ1) is 18.1. The summed E-state index contributed by atoms with van der Waals surface area (Å²) in [5.41, 5.74) is 4.20. The third-order valence-electron chi connectivity index (χ3n) is 6.09. The lowest BCUT2D eigenvalue weighted by Gasteiger charge is -2.34. The van der Waals surface area contributed by atoms with Crippen LogP contribution in [0.15, 0.2) is 42.7 Å². The first-order valence-electron chi connectivity index (χ1n) is 10.4. The van der Waals surface area contributed by atoms with Crippen LogP contribution in [-0.4, -0.2) is 50.8 Å². The van der Waals surface area contributed by atoms with E-state index in [2.05, 4.69) is 38.4 Å². The molecule has 2 fully saturated rings. The van der Waals surface area contributed by atoms with E-state index in [1.807, 2.05) is 30.1 Å². The molecule has 1 aliphatic heterocycles. The average Bonchev–Trinajstić information content (AvgIpc) is 3.50. The Bertz CT molecular complexity index is 1000. The van der Waals surface area contributed by atoms with Crippen molar-refractivity contribution in [1.29, 1.82) is 0 Å². The van der Waals surface area contributed by atoms with Crippen LogP contribution >= 0.6 is 0 Å². The maximum absolute atomic E-state index is 12.9. The largest absolute Gasteiger partial charge is 0.368 e. The van der Waals surface area contributed by atoms with Crippen molar-refractivity contribution in [3.05, 3.63) is 54.0 Å². The number of carbonyl (C=O) groups excluding carboxylic acids is 1. The second-order valence-electron chi connectivity index (χ2n) is 8.27. The lowest BCUT2D eigenvalue weighted by atomic mass is 9.95. The summed E-state index contributed by atoms with van der Waals surface area (Å²) in [6.07, 6.45) is 5.83. The number of fused-ring (bicyclic) bond motifs is 1. The quantitative estimate of drug-likeness (QED) is 0.670. The molecular weight excluding hydrogens is 364 g/mol. The van der Waals surface area contributed by atoms with E-state index in [9.17, 15) is 4.79 Å². The molecule has 1 saturated carbocycles. The van der Waals surface area contributed by atoms with Crippen LogP contribution in [0.25, 0.3) is 5.65 Å². The maximum atomic E-state index is 12.9. The van der Waals surface area contributed by atoms with E-state index in [0.717, 1.165) is 43.0 Å². The Labute approximate surface area is 170 Å². The van der Waals surface area contributed by atoms with Crippen molar-refractivity contribution >= 4 is 17.2 Å². The molecule has 0 bridgehead atoms. The molecule has 2 aliphatic rings. The molecule has 0 atom stereocenters. The molecule has 0 unspecified atom stereocenters. The molecule has 7 heteroatoms. The van der Waals surface area contributed by atoms with Gasteiger partial charge in [-0.05, 0) is 37.3 Å². The van der Waals surface area contributed by atoms with Crippen molar-refractivity contribution in [3.8, 4) is 0 Å². The number of nitrogens with zero attached hydrogens (tertiary/aromatic N) is 6. The number of amides is 1. The summed E-state index contributed by atoms with van der Waals surface area (Å²) in [4.78, 5) is 17.2. The topological polar surface area (TPSA) is 66.6 Å². The molecule has 3 aromatic rings. The lowest BCUT2D eigenvalue weighted by Crippen LogP contribution is -2.41. The number of carbonyl (C=O) groups is 1. The number of piperidine rings is 1. The normalized spacial score (nSPS) is 17.6. The van der Waals surface area contributed by atoms with Crippen molar-refractivity contribution in [2.75, 3.05) is 25.0 Å². The summed E-state index contributed by atoms with van der Waals surface area (Å²) >= 11 is 0. The summed E-state index contributed by atoms with van der Waals surface area (Å²) in [5.74, 6) is 0.902. The molecule has 7 nitrogen and oxygen atoms in total. The zero-order valence-corrected chi connectivity index (χ0v) is 16.7. The summed E-state index contributed by atoms with van der Waals surface area (Å²) in [5, 5.41) is 13.0. The Balaban J connectivity index is 1.26. The number of anilines is 1. The third-order valence-corrected chi connectivity index (χ3v) is 6.09. The van der Waals surface area contributed by atoms with Gasteiger partial charge in [0.1, 0.15) is 6.33 Å². The fourth-order valence-electron chi connectivity index (χ4n) is 4.26. The van der Waals surface area contributed by atoms with Gasteiger partial charge in [0.05, 0.1) is 11.4 Å². The molecule has 0 spiro atoms. The molecular formula is C22H26N6O. The van der Waals surface area contributed by atoms with Crippen LogP contribution in [0, 0.1) is 5.92 Å². The highest BCUT2D eigenvalue weighted by atomic mass is 16.2. The van der Waals surface area contributed by atoms with Crippen LogP contribution < -0.4 is 4.90 Å². The van der Waals surface area contributed by atoms with Crippen molar-refractivity contribution < 1.29 is 4.79 Å². The van der Waals surface area contributed by atoms with Crippen molar-refractivity contribution in [3.63, 3.8) is 0 Å². The van der Waals surface area contributed by atoms with Crippen LogP contribution in [-0.2, 0) is 11.3 Å². The van der Waals surface area contributed by atoms with Crippen LogP contribution in [0.4, 0.5) is 5.69 Å². The fourth-order valence-corrected chi connectivity index (χ4v) is 4.26. The lowest BCUT2D eigenvalue weighted by molar-refractivity contribution is -0.135. The van der Waals surface area contributed by atoms with Gasteiger partial charge in [0.2, 0.25) is 11.6 Å². The van der Waals surface area contributed by atoms with Gasteiger partial charge in [-0.1, -0.05) is 30.3 Å². The highest BCUT2D eigenvalue weighted by molar-refractivity contribution is 5.79. The fraction of sp³-hybridized carbons (Fsp3) is 0.455. The molecule has 150 valence electrons. The minimum Gasteiger partial charge on any atom is -0.368 e. The van der Waals surface area contributed by atoms with Gasteiger partial charge in [0.25, 0.3) is 0 Å². The van der Waals surface area contributed by atoms with Gasteiger partial charge in [-0.3, -0.25) is 4.79 Å². The molecule has 29 heavy (non-hydrogen) atoms. The number of rotatable bonds is 5. The second kappa shape index (κ2) is 7.46. The van der Waals surface area contributed by atoms with E-state index in [1.54, 1.807) is 10.8 Å². The third kappa shape index (κ3) is 3.69. The highest BCUT2D eigenvalue weighted by Gasteiger charge is 2.31. The average molecular weight is 390 g/mol. The Morgan fingerprint density at radius 3 is 2.62 bits per heavy atom. The molecule has 3 heterocycles. The minimum atomic E-state index is 0.0820. The smallest absolute Gasteiger partial charge is 0.225 e. The van der Waals surface area contributed by atoms with E-state index >= 15 is 0 Å². The SMILES string of the molecule is CN(Cc1ccccc1)C(=O)C1CCN(c2cc(C3CC3)nn3cnnc23)CC1. The van der Waals surface area contributed by atoms with Gasteiger partial charge in [-0.15, -0.1) is 10.2 Å². The molecule has 2 aromatic heterocycles. The Kier molecular flexibility index (Phi) is 4.66. The molecule has 5 rings (SSSR count). The van der Waals surface area contributed by atoms with E-state index < -0.39 is 0 Å². The van der Waals surface area contributed by atoms with Crippen LogP contribution in [0.5, 0.6) is 0 Å². The van der Waals surface area contributed by atoms with Crippen molar-refractivity contribution in [2.24, 2.45) is 5.92 Å². The van der Waals surface area contributed by atoms with Crippen LogP contribution in [0.3, 0.4) is 0 Å². The Morgan fingerprint density at radius 2 is 1.90 bits per heavy atom. The first-order valence-corrected chi connectivity index (χ1v) is 10.4. The summed E-state index contributed by atoms with van der Waals surface area (Å²) < 4.78 is 1.80. The van der Waals surface area contributed by atoms with Gasteiger partial charge in [-0.25, -0.2) is 0 Å². The van der Waals surface area contributed by atoms with E-state index in [4.69, 9.17) is 0 Å². The number of benzene rings is 1. The molecule has 1 aromatic carbocycles. The molecule has 1 amide bonds. The molecule has 1 aliphatic carbocycles. The van der Waals surface area contributed by atoms with Gasteiger partial charge in [0.15, 0.2) is 0 Å². The van der Waals surface area contributed by atoms with E-state index in [0.29, 0.717) is 12.5 Å². The van der Waals surface area contributed by atoms with Crippen molar-refractivity contribution in [2.45, 2.75) is 38.1 Å². The summed E-state index contributed by atoms with van der Waals surface area (Å²) in [7, 11) is 1.91. The van der Waals surface area contributed by atoms with Crippen LogP contribution in [0.1, 0.15) is 42.9 Å². The van der Waals surface area contributed by atoms with Gasteiger partial charge in [0, 0.05) is 38.5 Å². The van der Waals surface area contributed by atoms with Gasteiger partial charge < -0.3 is 9.80 Å². The van der Waals surface area contributed by atoms with Crippen molar-refractivity contribution in [1.82, 2.24) is 24.7 Å². The first-order chi connectivity index (χ1) is 14.2. The predicted molar refractivity (Wildman–Crippen MR) is 111 cm³/mol. The highest BCUT2D eigenvalue weighted by Crippen LogP contribution is 2.40. The van der Waals surface area contributed by atoms with E-state index in [-0.39, 0.29) is 11.8 Å². The summed E-state index contributed by atoms with van der Waals surface area (Å²) in [6, 6.07) is 12.4. The number of hydrogen-bond donors (Lipinski definition) is 0. The Morgan fingerprint density at radius 1 is 1.14 bits per heavy atom. The Hall–Kier alpha value is -2.96. The van der Waals surface area contributed by atoms with Crippen LogP contribution in [0.2, 0.25) is 0 Å².